The molecule has 0 aliphatic carbocycles. The van der Waals surface area contributed by atoms with Gasteiger partial charge < -0.3 is 14.8 Å². The normalized spacial score (nSPS) is 16.5. The smallest absolute Gasteiger partial charge is 0.330 e. The van der Waals surface area contributed by atoms with Gasteiger partial charge in [0, 0.05) is 18.0 Å². The van der Waals surface area contributed by atoms with E-state index in [0.29, 0.717) is 19.8 Å². The van der Waals surface area contributed by atoms with Gasteiger partial charge in [-0.25, -0.2) is 4.79 Å². The molecule has 1 aromatic heterocycles. The Morgan fingerprint density at radius 1 is 1.57 bits per heavy atom. The molecule has 8 heteroatoms. The number of ether oxygens (including phenoxy) is 2. The number of methoxy groups -OCH3 is 1. The minimum atomic E-state index is -0.467. The lowest BCUT2D eigenvalue weighted by atomic mass is 9.89. The SMILES string of the molecule is COC(=O)/C=C/CNC(=O)c1cn(CC2(C)COC2)nn1. The molecule has 1 aliphatic rings. The van der Waals surface area contributed by atoms with Gasteiger partial charge in [0.15, 0.2) is 5.69 Å². The highest BCUT2D eigenvalue weighted by Gasteiger charge is 2.34. The molecule has 0 spiro atoms. The van der Waals surface area contributed by atoms with Crippen LogP contribution in [0.4, 0.5) is 0 Å². The molecule has 21 heavy (non-hydrogen) atoms. The first-order valence-corrected chi connectivity index (χ1v) is 6.53. The number of aromatic nitrogens is 3. The van der Waals surface area contributed by atoms with Gasteiger partial charge in [-0.15, -0.1) is 5.10 Å². The fraction of sp³-hybridized carbons (Fsp3) is 0.538. The molecule has 0 atom stereocenters. The van der Waals surface area contributed by atoms with E-state index in [2.05, 4.69) is 27.3 Å². The highest BCUT2D eigenvalue weighted by molar-refractivity contribution is 5.92. The molecule has 0 saturated carbocycles. The number of nitrogens with zero attached hydrogens (tertiary/aromatic N) is 3. The zero-order chi connectivity index (χ0) is 15.3. The summed E-state index contributed by atoms with van der Waals surface area (Å²) in [5.74, 6) is -0.808. The molecule has 1 aliphatic heterocycles. The number of carbonyl (C=O) groups is 2. The standard InChI is InChI=1S/C13H18N4O4/c1-13(8-21-9-13)7-17-6-10(15-16-17)12(19)14-5-3-4-11(18)20-2/h3-4,6H,5,7-9H2,1-2H3,(H,14,19)/b4-3+. The zero-order valence-corrected chi connectivity index (χ0v) is 12.0. The van der Waals surface area contributed by atoms with Gasteiger partial charge >= 0.3 is 5.97 Å². The van der Waals surface area contributed by atoms with Crippen LogP contribution in [0.5, 0.6) is 0 Å². The lowest BCUT2D eigenvalue weighted by Crippen LogP contribution is -2.43. The Labute approximate surface area is 122 Å². The van der Waals surface area contributed by atoms with Gasteiger partial charge in [-0.2, -0.15) is 0 Å². The van der Waals surface area contributed by atoms with E-state index in [4.69, 9.17) is 4.74 Å². The lowest BCUT2D eigenvalue weighted by Gasteiger charge is -2.37. The number of carbonyl (C=O) groups excluding carboxylic acids is 2. The second kappa shape index (κ2) is 6.49. The Bertz CT molecular complexity index is 548. The van der Waals surface area contributed by atoms with Crippen LogP contribution in [-0.2, 0) is 20.8 Å². The van der Waals surface area contributed by atoms with Crippen LogP contribution in [-0.4, -0.2) is 53.7 Å². The molecule has 2 heterocycles. The highest BCUT2D eigenvalue weighted by atomic mass is 16.5. The van der Waals surface area contributed by atoms with Crippen molar-refractivity contribution in [2.24, 2.45) is 5.41 Å². The topological polar surface area (TPSA) is 95.3 Å². The molecular weight excluding hydrogens is 276 g/mol. The first kappa shape index (κ1) is 15.2. The highest BCUT2D eigenvalue weighted by Crippen LogP contribution is 2.27. The Kier molecular flexibility index (Phi) is 4.69. The number of nitrogens with one attached hydrogen (secondary N) is 1. The van der Waals surface area contributed by atoms with Crippen molar-refractivity contribution in [1.29, 1.82) is 0 Å². The number of amides is 1. The van der Waals surface area contributed by atoms with Crippen LogP contribution >= 0.6 is 0 Å². The zero-order valence-electron chi connectivity index (χ0n) is 12.0. The van der Waals surface area contributed by atoms with Crippen molar-refractivity contribution >= 4 is 11.9 Å². The maximum absolute atomic E-state index is 11.8. The Morgan fingerprint density at radius 2 is 2.33 bits per heavy atom. The summed E-state index contributed by atoms with van der Waals surface area (Å²) in [5, 5.41) is 10.4. The van der Waals surface area contributed by atoms with Crippen LogP contribution < -0.4 is 5.32 Å². The average Bonchev–Trinajstić information content (AvgIpc) is 2.89. The van der Waals surface area contributed by atoms with Crippen molar-refractivity contribution in [2.75, 3.05) is 26.9 Å². The van der Waals surface area contributed by atoms with E-state index < -0.39 is 5.97 Å². The molecule has 1 aromatic rings. The predicted molar refractivity (Wildman–Crippen MR) is 72.4 cm³/mol. The minimum absolute atomic E-state index is 0.0602. The maximum atomic E-state index is 11.8. The summed E-state index contributed by atoms with van der Waals surface area (Å²) in [5.41, 5.74) is 0.301. The summed E-state index contributed by atoms with van der Waals surface area (Å²) in [6.07, 6.45) is 4.35. The van der Waals surface area contributed by atoms with Crippen LogP contribution in [0, 0.1) is 5.41 Å². The third kappa shape index (κ3) is 4.12. The molecule has 114 valence electrons. The Balaban J connectivity index is 1.81. The summed E-state index contributed by atoms with van der Waals surface area (Å²) in [7, 11) is 1.29. The number of hydrogen-bond acceptors (Lipinski definition) is 6. The fourth-order valence-corrected chi connectivity index (χ4v) is 1.88. The molecule has 1 N–H and O–H groups in total. The van der Waals surface area contributed by atoms with E-state index in [1.807, 2.05) is 0 Å². The molecule has 0 aromatic carbocycles. The Morgan fingerprint density at radius 3 is 2.95 bits per heavy atom. The summed E-state index contributed by atoms with van der Waals surface area (Å²) < 4.78 is 11.2. The van der Waals surface area contributed by atoms with E-state index in [1.165, 1.54) is 19.3 Å². The van der Waals surface area contributed by atoms with Gasteiger partial charge in [0.2, 0.25) is 0 Å². The van der Waals surface area contributed by atoms with E-state index in [1.54, 1.807) is 10.9 Å². The van der Waals surface area contributed by atoms with Crippen LogP contribution in [0.2, 0.25) is 0 Å². The van der Waals surface area contributed by atoms with E-state index in [-0.39, 0.29) is 23.6 Å². The lowest BCUT2D eigenvalue weighted by molar-refractivity contribution is -0.134. The van der Waals surface area contributed by atoms with Crippen LogP contribution in [0.1, 0.15) is 17.4 Å². The van der Waals surface area contributed by atoms with Crippen molar-refractivity contribution < 1.29 is 19.1 Å². The number of hydrogen-bond donors (Lipinski definition) is 1. The number of esters is 1. The van der Waals surface area contributed by atoms with Gasteiger partial charge in [-0.1, -0.05) is 18.2 Å². The predicted octanol–water partition coefficient (Wildman–Crippen LogP) is -0.226. The van der Waals surface area contributed by atoms with E-state index in [0.717, 1.165) is 0 Å². The second-order valence-corrected chi connectivity index (χ2v) is 5.24. The van der Waals surface area contributed by atoms with Crippen molar-refractivity contribution in [3.63, 3.8) is 0 Å². The summed E-state index contributed by atoms with van der Waals surface area (Å²) >= 11 is 0. The first-order valence-electron chi connectivity index (χ1n) is 6.53. The molecule has 8 nitrogen and oxygen atoms in total. The first-order chi connectivity index (χ1) is 10.0. The van der Waals surface area contributed by atoms with Crippen molar-refractivity contribution in [3.8, 4) is 0 Å². The molecule has 0 radical (unpaired) electrons. The Hall–Kier alpha value is -2.22. The van der Waals surface area contributed by atoms with Crippen molar-refractivity contribution in [3.05, 3.63) is 24.0 Å². The molecule has 1 saturated heterocycles. The minimum Gasteiger partial charge on any atom is -0.466 e. The van der Waals surface area contributed by atoms with Crippen LogP contribution in [0.15, 0.2) is 18.3 Å². The summed E-state index contributed by atoms with van der Waals surface area (Å²) in [6, 6.07) is 0. The van der Waals surface area contributed by atoms with Crippen LogP contribution in [0.25, 0.3) is 0 Å². The van der Waals surface area contributed by atoms with Crippen molar-refractivity contribution in [2.45, 2.75) is 13.5 Å². The van der Waals surface area contributed by atoms with Crippen molar-refractivity contribution in [1.82, 2.24) is 20.3 Å². The molecule has 0 bridgehead atoms. The molecule has 0 unspecified atom stereocenters. The summed E-state index contributed by atoms with van der Waals surface area (Å²) in [4.78, 5) is 22.7. The van der Waals surface area contributed by atoms with Gasteiger partial charge in [0.1, 0.15) is 0 Å². The molecule has 2 rings (SSSR count). The average molecular weight is 294 g/mol. The monoisotopic (exact) mass is 294 g/mol. The van der Waals surface area contributed by atoms with Gasteiger partial charge in [0.25, 0.3) is 5.91 Å². The maximum Gasteiger partial charge on any atom is 0.330 e. The van der Waals surface area contributed by atoms with E-state index in [9.17, 15) is 9.59 Å². The van der Waals surface area contributed by atoms with E-state index >= 15 is 0 Å². The molecular formula is C13H18N4O4. The third-order valence-electron chi connectivity index (χ3n) is 3.05. The summed E-state index contributed by atoms with van der Waals surface area (Å²) in [6.45, 7) is 4.34. The number of rotatable bonds is 6. The van der Waals surface area contributed by atoms with Gasteiger partial charge in [-0.3, -0.25) is 9.48 Å². The second-order valence-electron chi connectivity index (χ2n) is 5.24. The van der Waals surface area contributed by atoms with Gasteiger partial charge in [0.05, 0.1) is 33.1 Å². The third-order valence-corrected chi connectivity index (χ3v) is 3.05. The largest absolute Gasteiger partial charge is 0.466 e. The van der Waals surface area contributed by atoms with Gasteiger partial charge in [-0.05, 0) is 0 Å². The molecule has 1 fully saturated rings. The quantitative estimate of drug-likeness (QED) is 0.575. The van der Waals surface area contributed by atoms with Crippen LogP contribution in [0.3, 0.4) is 0 Å². The fourth-order valence-electron chi connectivity index (χ4n) is 1.88. The molecule has 1 amide bonds.